The molecule has 0 spiro atoms. The van der Waals surface area contributed by atoms with Gasteiger partial charge in [-0.1, -0.05) is 13.0 Å². The van der Waals surface area contributed by atoms with Crippen LogP contribution in [0.25, 0.3) is 5.57 Å². The van der Waals surface area contributed by atoms with Gasteiger partial charge in [-0.3, -0.25) is 4.79 Å². The minimum absolute atomic E-state index is 0.0219. The second-order valence-electron chi connectivity index (χ2n) is 4.75. The van der Waals surface area contributed by atoms with E-state index in [-0.39, 0.29) is 6.42 Å². The molecule has 0 heterocycles. The average Bonchev–Trinajstić information content (AvgIpc) is 2.52. The standard InChI is InChI=1S/C18H26O5/c1-5-13(9-12-16(19)20)14-10-11-15(21-6-2)18(23-8-4)17(14)22-7-3/h9-11H,5-8,12H2,1-4H3,(H,19,20)/b13-9+. The van der Waals surface area contributed by atoms with E-state index in [4.69, 9.17) is 19.3 Å². The molecule has 23 heavy (non-hydrogen) atoms. The Kier molecular flexibility index (Phi) is 8.02. The number of aliphatic carboxylic acids is 1. The third kappa shape index (κ3) is 5.20. The average molecular weight is 322 g/mol. The lowest BCUT2D eigenvalue weighted by Gasteiger charge is -2.19. The van der Waals surface area contributed by atoms with Gasteiger partial charge >= 0.3 is 5.97 Å². The summed E-state index contributed by atoms with van der Waals surface area (Å²) >= 11 is 0. The summed E-state index contributed by atoms with van der Waals surface area (Å²) in [4.78, 5) is 10.8. The number of rotatable bonds is 10. The summed E-state index contributed by atoms with van der Waals surface area (Å²) in [6.07, 6.45) is 2.40. The zero-order chi connectivity index (χ0) is 17.2. The highest BCUT2D eigenvalue weighted by Gasteiger charge is 2.19. The van der Waals surface area contributed by atoms with Crippen LogP contribution in [0.5, 0.6) is 17.2 Å². The minimum atomic E-state index is -0.857. The molecular weight excluding hydrogens is 296 g/mol. The molecule has 0 amide bonds. The van der Waals surface area contributed by atoms with E-state index in [1.807, 2.05) is 39.8 Å². The van der Waals surface area contributed by atoms with E-state index >= 15 is 0 Å². The van der Waals surface area contributed by atoms with Gasteiger partial charge in [0, 0.05) is 5.56 Å². The normalized spacial score (nSPS) is 11.2. The summed E-state index contributed by atoms with van der Waals surface area (Å²) in [5.41, 5.74) is 1.77. The van der Waals surface area contributed by atoms with Crippen molar-refractivity contribution < 1.29 is 24.1 Å². The highest BCUT2D eigenvalue weighted by Crippen LogP contribution is 2.43. The van der Waals surface area contributed by atoms with Gasteiger partial charge in [0.2, 0.25) is 5.75 Å². The first-order valence-corrected chi connectivity index (χ1v) is 8.05. The summed E-state index contributed by atoms with van der Waals surface area (Å²) in [7, 11) is 0. The lowest BCUT2D eigenvalue weighted by Crippen LogP contribution is -2.05. The minimum Gasteiger partial charge on any atom is -0.490 e. The van der Waals surface area contributed by atoms with Gasteiger partial charge in [-0.25, -0.2) is 0 Å². The van der Waals surface area contributed by atoms with Crippen molar-refractivity contribution in [1.29, 1.82) is 0 Å². The van der Waals surface area contributed by atoms with Gasteiger partial charge in [-0.05, 0) is 44.9 Å². The zero-order valence-corrected chi connectivity index (χ0v) is 14.3. The zero-order valence-electron chi connectivity index (χ0n) is 14.3. The summed E-state index contributed by atoms with van der Waals surface area (Å²) in [6, 6.07) is 3.74. The lowest BCUT2D eigenvalue weighted by atomic mass is 10.00. The van der Waals surface area contributed by atoms with Crippen molar-refractivity contribution in [1.82, 2.24) is 0 Å². The number of hydrogen-bond donors (Lipinski definition) is 1. The van der Waals surface area contributed by atoms with Crippen molar-refractivity contribution in [3.05, 3.63) is 23.8 Å². The number of carbonyl (C=O) groups is 1. The molecule has 0 saturated heterocycles. The first-order valence-electron chi connectivity index (χ1n) is 8.05. The van der Waals surface area contributed by atoms with E-state index in [0.29, 0.717) is 43.5 Å². The first-order chi connectivity index (χ1) is 11.1. The van der Waals surface area contributed by atoms with Crippen molar-refractivity contribution in [3.63, 3.8) is 0 Å². The third-order valence-corrected chi connectivity index (χ3v) is 3.20. The molecular formula is C18H26O5. The van der Waals surface area contributed by atoms with Gasteiger partial charge in [0.15, 0.2) is 11.5 Å². The Bertz CT molecular complexity index is 549. The summed E-state index contributed by atoms with van der Waals surface area (Å²) in [6.45, 7) is 9.20. The summed E-state index contributed by atoms with van der Waals surface area (Å²) in [5, 5.41) is 8.91. The third-order valence-electron chi connectivity index (χ3n) is 3.20. The molecule has 0 fully saturated rings. The van der Waals surface area contributed by atoms with Crippen LogP contribution >= 0.6 is 0 Å². The fraction of sp³-hybridized carbons (Fsp3) is 0.500. The Balaban J connectivity index is 3.42. The van der Waals surface area contributed by atoms with Crippen molar-refractivity contribution >= 4 is 11.5 Å². The van der Waals surface area contributed by atoms with Crippen LogP contribution in [0.3, 0.4) is 0 Å². The molecule has 0 aliphatic rings. The summed E-state index contributed by atoms with van der Waals surface area (Å²) < 4.78 is 17.2. The number of allylic oxidation sites excluding steroid dienone is 1. The van der Waals surface area contributed by atoms with E-state index in [2.05, 4.69) is 0 Å². The summed E-state index contributed by atoms with van der Waals surface area (Å²) in [5.74, 6) is 0.960. The van der Waals surface area contributed by atoms with Gasteiger partial charge in [-0.15, -0.1) is 0 Å². The van der Waals surface area contributed by atoms with Crippen LogP contribution in [0, 0.1) is 0 Å². The lowest BCUT2D eigenvalue weighted by molar-refractivity contribution is -0.135. The Labute approximate surface area is 137 Å². The first kappa shape index (κ1) is 18.9. The Morgan fingerprint density at radius 2 is 1.61 bits per heavy atom. The maximum Gasteiger partial charge on any atom is 0.307 e. The molecule has 0 bridgehead atoms. The van der Waals surface area contributed by atoms with Crippen LogP contribution in [0.1, 0.15) is 46.1 Å². The molecule has 1 aromatic rings. The topological polar surface area (TPSA) is 65.0 Å². The van der Waals surface area contributed by atoms with E-state index in [1.165, 1.54) is 0 Å². The van der Waals surface area contributed by atoms with Crippen LogP contribution < -0.4 is 14.2 Å². The van der Waals surface area contributed by atoms with Gasteiger partial charge < -0.3 is 19.3 Å². The van der Waals surface area contributed by atoms with E-state index in [0.717, 1.165) is 11.1 Å². The van der Waals surface area contributed by atoms with Crippen LogP contribution in [-0.2, 0) is 4.79 Å². The molecule has 5 heteroatoms. The smallest absolute Gasteiger partial charge is 0.307 e. The van der Waals surface area contributed by atoms with Gasteiger partial charge in [0.05, 0.1) is 26.2 Å². The molecule has 1 N–H and O–H groups in total. The van der Waals surface area contributed by atoms with Gasteiger partial charge in [0.25, 0.3) is 0 Å². The molecule has 5 nitrogen and oxygen atoms in total. The molecule has 0 saturated carbocycles. The predicted molar refractivity (Wildman–Crippen MR) is 90.5 cm³/mol. The molecule has 1 aromatic carbocycles. The van der Waals surface area contributed by atoms with E-state index < -0.39 is 5.97 Å². The predicted octanol–water partition coefficient (Wildman–Crippen LogP) is 4.15. The molecule has 0 aromatic heterocycles. The maximum atomic E-state index is 10.8. The largest absolute Gasteiger partial charge is 0.490 e. The molecule has 128 valence electrons. The van der Waals surface area contributed by atoms with Crippen LogP contribution in [0.2, 0.25) is 0 Å². The van der Waals surface area contributed by atoms with Crippen LogP contribution in [0.15, 0.2) is 18.2 Å². The number of carboxylic acid groups (broad SMARTS) is 1. The molecule has 0 radical (unpaired) electrons. The van der Waals surface area contributed by atoms with Crippen molar-refractivity contribution in [3.8, 4) is 17.2 Å². The maximum absolute atomic E-state index is 10.8. The van der Waals surface area contributed by atoms with E-state index in [1.54, 1.807) is 6.08 Å². The highest BCUT2D eigenvalue weighted by molar-refractivity contribution is 5.78. The fourth-order valence-corrected chi connectivity index (χ4v) is 2.29. The quantitative estimate of drug-likeness (QED) is 0.701. The second kappa shape index (κ2) is 9.77. The molecule has 0 atom stereocenters. The van der Waals surface area contributed by atoms with Crippen molar-refractivity contribution in [2.45, 2.75) is 40.5 Å². The Morgan fingerprint density at radius 3 is 2.13 bits per heavy atom. The molecule has 0 unspecified atom stereocenters. The second-order valence-corrected chi connectivity index (χ2v) is 4.75. The highest BCUT2D eigenvalue weighted by atomic mass is 16.5. The van der Waals surface area contributed by atoms with E-state index in [9.17, 15) is 4.79 Å². The van der Waals surface area contributed by atoms with Gasteiger partial charge in [0.1, 0.15) is 0 Å². The number of ether oxygens (including phenoxy) is 3. The molecule has 1 rings (SSSR count). The Hall–Kier alpha value is -2.17. The van der Waals surface area contributed by atoms with Gasteiger partial charge in [-0.2, -0.15) is 0 Å². The fourth-order valence-electron chi connectivity index (χ4n) is 2.29. The number of hydrogen-bond acceptors (Lipinski definition) is 4. The Morgan fingerprint density at radius 1 is 1.00 bits per heavy atom. The SMILES string of the molecule is CCOc1ccc(/C(=C/CC(=O)O)CC)c(OCC)c1OCC. The van der Waals surface area contributed by atoms with Crippen molar-refractivity contribution in [2.24, 2.45) is 0 Å². The van der Waals surface area contributed by atoms with Crippen molar-refractivity contribution in [2.75, 3.05) is 19.8 Å². The number of carboxylic acids is 1. The van der Waals surface area contributed by atoms with Crippen LogP contribution in [-0.4, -0.2) is 30.9 Å². The molecule has 0 aliphatic carbocycles. The number of benzene rings is 1. The van der Waals surface area contributed by atoms with Crippen LogP contribution in [0.4, 0.5) is 0 Å². The molecule has 0 aliphatic heterocycles. The monoisotopic (exact) mass is 322 g/mol.